The van der Waals surface area contributed by atoms with E-state index in [2.05, 4.69) is 5.48 Å². The summed E-state index contributed by atoms with van der Waals surface area (Å²) in [6.45, 7) is 2.41. The average Bonchev–Trinajstić information content (AvgIpc) is 2.15. The third-order valence-corrected chi connectivity index (χ3v) is 1.77. The molecule has 88 valence electrons. The van der Waals surface area contributed by atoms with Crippen molar-refractivity contribution in [2.24, 2.45) is 0 Å². The van der Waals surface area contributed by atoms with Crippen molar-refractivity contribution in [2.75, 3.05) is 6.61 Å². The van der Waals surface area contributed by atoms with Gasteiger partial charge in [0.2, 0.25) is 0 Å². The first-order valence-electron chi connectivity index (χ1n) is 4.89. The van der Waals surface area contributed by atoms with E-state index in [4.69, 9.17) is 15.1 Å². The summed E-state index contributed by atoms with van der Waals surface area (Å²) in [6, 6.07) is -0.960. The molecule has 6 heteroatoms. The van der Waals surface area contributed by atoms with Crippen molar-refractivity contribution < 1.29 is 24.6 Å². The Morgan fingerprint density at radius 3 is 2.53 bits per heavy atom. The maximum Gasteiger partial charge on any atom is 0.323 e. The maximum absolute atomic E-state index is 10.6. The summed E-state index contributed by atoms with van der Waals surface area (Å²) in [7, 11) is 0. The van der Waals surface area contributed by atoms with Crippen LogP contribution in [0.2, 0.25) is 0 Å². The summed E-state index contributed by atoms with van der Waals surface area (Å²) < 4.78 is 0. The topological polar surface area (TPSA) is 95.9 Å². The largest absolute Gasteiger partial charge is 0.481 e. The molecule has 0 aromatic heterocycles. The van der Waals surface area contributed by atoms with Gasteiger partial charge in [0.05, 0.1) is 6.61 Å². The molecule has 1 unspecified atom stereocenters. The third kappa shape index (κ3) is 7.90. The fourth-order valence-electron chi connectivity index (χ4n) is 0.877. The first-order valence-corrected chi connectivity index (χ1v) is 4.89. The molecule has 0 spiro atoms. The predicted molar refractivity (Wildman–Crippen MR) is 52.3 cm³/mol. The molecule has 0 aliphatic heterocycles. The van der Waals surface area contributed by atoms with Gasteiger partial charge >= 0.3 is 11.9 Å². The lowest BCUT2D eigenvalue weighted by atomic mass is 10.2. The van der Waals surface area contributed by atoms with E-state index in [0.29, 0.717) is 6.61 Å². The number of carboxylic acids is 2. The summed E-state index contributed by atoms with van der Waals surface area (Å²) >= 11 is 0. The molecule has 0 aromatic rings. The minimum atomic E-state index is -1.10. The van der Waals surface area contributed by atoms with Crippen molar-refractivity contribution in [2.45, 2.75) is 38.6 Å². The van der Waals surface area contributed by atoms with Crippen LogP contribution >= 0.6 is 0 Å². The van der Waals surface area contributed by atoms with Gasteiger partial charge in [0.25, 0.3) is 0 Å². The Balaban J connectivity index is 3.73. The molecule has 0 aliphatic rings. The number of unbranched alkanes of at least 4 members (excludes halogenated alkanes) is 1. The third-order valence-electron chi connectivity index (χ3n) is 1.77. The lowest BCUT2D eigenvalue weighted by molar-refractivity contribution is -0.145. The zero-order valence-electron chi connectivity index (χ0n) is 8.73. The molecule has 0 radical (unpaired) electrons. The monoisotopic (exact) mass is 219 g/mol. The number of hydrogen-bond donors (Lipinski definition) is 3. The Morgan fingerprint density at radius 1 is 1.40 bits per heavy atom. The minimum Gasteiger partial charge on any atom is -0.481 e. The second-order valence-electron chi connectivity index (χ2n) is 3.14. The molecule has 0 saturated carbocycles. The van der Waals surface area contributed by atoms with E-state index in [0.717, 1.165) is 12.8 Å². The van der Waals surface area contributed by atoms with E-state index < -0.39 is 18.0 Å². The summed E-state index contributed by atoms with van der Waals surface area (Å²) in [6.07, 6.45) is 1.60. The van der Waals surface area contributed by atoms with Crippen molar-refractivity contribution >= 4 is 11.9 Å². The number of aliphatic carboxylic acids is 2. The van der Waals surface area contributed by atoms with Gasteiger partial charge in [0, 0.05) is 6.42 Å². The van der Waals surface area contributed by atoms with Gasteiger partial charge in [-0.3, -0.25) is 9.59 Å². The van der Waals surface area contributed by atoms with Crippen LogP contribution in [0, 0.1) is 0 Å². The van der Waals surface area contributed by atoms with Crippen molar-refractivity contribution in [3.05, 3.63) is 0 Å². The van der Waals surface area contributed by atoms with E-state index in [1.807, 2.05) is 6.92 Å². The van der Waals surface area contributed by atoms with Crippen LogP contribution in [0.25, 0.3) is 0 Å². The fraction of sp³-hybridized carbons (Fsp3) is 0.778. The number of hydrogen-bond acceptors (Lipinski definition) is 4. The highest BCUT2D eigenvalue weighted by molar-refractivity contribution is 5.74. The van der Waals surface area contributed by atoms with Crippen molar-refractivity contribution in [3.8, 4) is 0 Å². The number of hydroxylamine groups is 1. The highest BCUT2D eigenvalue weighted by atomic mass is 16.6. The number of rotatable bonds is 9. The lowest BCUT2D eigenvalue weighted by Gasteiger charge is -2.12. The Bertz CT molecular complexity index is 207. The summed E-state index contributed by atoms with van der Waals surface area (Å²) in [5.74, 6) is -2.12. The minimum absolute atomic E-state index is 0.0107. The Hall–Kier alpha value is -1.14. The Morgan fingerprint density at radius 2 is 2.07 bits per heavy atom. The zero-order chi connectivity index (χ0) is 11.7. The van der Waals surface area contributed by atoms with Crippen LogP contribution in [-0.4, -0.2) is 34.8 Å². The maximum atomic E-state index is 10.6. The molecule has 1 atom stereocenters. The van der Waals surface area contributed by atoms with Gasteiger partial charge in [-0.2, -0.15) is 5.48 Å². The molecular weight excluding hydrogens is 202 g/mol. The zero-order valence-corrected chi connectivity index (χ0v) is 8.73. The van der Waals surface area contributed by atoms with Crippen LogP contribution in [-0.2, 0) is 14.4 Å². The normalized spacial score (nSPS) is 12.3. The van der Waals surface area contributed by atoms with Crippen LogP contribution in [0.1, 0.15) is 32.6 Å². The summed E-state index contributed by atoms with van der Waals surface area (Å²) in [5.41, 5.74) is 2.35. The molecule has 0 saturated heterocycles. The van der Waals surface area contributed by atoms with Gasteiger partial charge in [0.1, 0.15) is 6.04 Å². The second-order valence-corrected chi connectivity index (χ2v) is 3.14. The van der Waals surface area contributed by atoms with E-state index in [1.165, 1.54) is 0 Å². The van der Waals surface area contributed by atoms with Crippen LogP contribution in [0.4, 0.5) is 0 Å². The Labute approximate surface area is 88.2 Å². The molecule has 0 rings (SSSR count). The number of carbonyl (C=O) groups is 2. The van der Waals surface area contributed by atoms with Crippen LogP contribution in [0.3, 0.4) is 0 Å². The van der Waals surface area contributed by atoms with Crippen molar-refractivity contribution in [1.82, 2.24) is 5.48 Å². The van der Waals surface area contributed by atoms with Crippen LogP contribution in [0.5, 0.6) is 0 Å². The molecule has 0 aromatic carbocycles. The van der Waals surface area contributed by atoms with Gasteiger partial charge in [-0.05, 0) is 12.8 Å². The van der Waals surface area contributed by atoms with Gasteiger partial charge < -0.3 is 15.1 Å². The highest BCUT2D eigenvalue weighted by Gasteiger charge is 2.18. The van der Waals surface area contributed by atoms with E-state index in [1.54, 1.807) is 0 Å². The van der Waals surface area contributed by atoms with Gasteiger partial charge in [-0.15, -0.1) is 0 Å². The summed E-state index contributed by atoms with van der Waals surface area (Å²) in [4.78, 5) is 25.8. The van der Waals surface area contributed by atoms with E-state index in [-0.39, 0.29) is 12.8 Å². The van der Waals surface area contributed by atoms with Gasteiger partial charge in [-0.25, -0.2) is 0 Å². The second kappa shape index (κ2) is 8.19. The van der Waals surface area contributed by atoms with Gasteiger partial charge in [0.15, 0.2) is 0 Å². The highest BCUT2D eigenvalue weighted by Crippen LogP contribution is 1.98. The number of nitrogens with one attached hydrogen (secondary N) is 1. The first kappa shape index (κ1) is 13.9. The van der Waals surface area contributed by atoms with Crippen LogP contribution < -0.4 is 5.48 Å². The first-order chi connectivity index (χ1) is 7.07. The molecule has 0 bridgehead atoms. The van der Waals surface area contributed by atoms with E-state index >= 15 is 0 Å². The van der Waals surface area contributed by atoms with Crippen LogP contribution in [0.15, 0.2) is 0 Å². The number of carboxylic acid groups (broad SMARTS) is 2. The smallest absolute Gasteiger partial charge is 0.323 e. The van der Waals surface area contributed by atoms with Crippen molar-refractivity contribution in [1.29, 1.82) is 0 Å². The molecule has 15 heavy (non-hydrogen) atoms. The average molecular weight is 219 g/mol. The molecule has 0 heterocycles. The molecule has 6 nitrogen and oxygen atoms in total. The summed E-state index contributed by atoms with van der Waals surface area (Å²) in [5, 5.41) is 17.1. The standard InChI is InChI=1S/C9H17NO5/c1-2-3-6-15-10-7(9(13)14)4-5-8(11)12/h7,10H,2-6H2,1H3,(H,11,12)(H,13,14). The lowest BCUT2D eigenvalue weighted by Crippen LogP contribution is -2.37. The Kier molecular flexibility index (Phi) is 7.57. The molecule has 3 N–H and O–H groups in total. The molecule has 0 fully saturated rings. The molecule has 0 amide bonds. The molecular formula is C9H17NO5. The quantitative estimate of drug-likeness (QED) is 0.388. The predicted octanol–water partition coefficient (Wildman–Crippen LogP) is 0.626. The SMILES string of the molecule is CCCCONC(CCC(=O)O)C(=O)O. The van der Waals surface area contributed by atoms with Crippen molar-refractivity contribution in [3.63, 3.8) is 0 Å². The van der Waals surface area contributed by atoms with E-state index in [9.17, 15) is 9.59 Å². The molecule has 0 aliphatic carbocycles. The fourth-order valence-corrected chi connectivity index (χ4v) is 0.877. The van der Waals surface area contributed by atoms with Gasteiger partial charge in [-0.1, -0.05) is 13.3 Å².